The number of hydrogen-bond acceptors (Lipinski definition) is 3. The number of carboxylic acids is 1. The molecule has 0 spiro atoms. The second-order valence-electron chi connectivity index (χ2n) is 7.08. The van der Waals surface area contributed by atoms with E-state index in [0.29, 0.717) is 4.31 Å². The number of hydrogen-bond donors (Lipinski definition) is 1. The summed E-state index contributed by atoms with van der Waals surface area (Å²) in [6, 6.07) is 0. The van der Waals surface area contributed by atoms with E-state index in [-0.39, 0.29) is 12.8 Å². The van der Waals surface area contributed by atoms with E-state index in [4.69, 9.17) is 5.11 Å². The van der Waals surface area contributed by atoms with Crippen LogP contribution in [0.15, 0.2) is 0 Å². The largest absolute Gasteiger partial charge is 0.481 e. The number of aliphatic carboxylic acids is 1. The molecule has 0 aromatic heterocycles. The Hall–Kier alpha value is -1.53. The summed E-state index contributed by atoms with van der Waals surface area (Å²) in [6.07, 6.45) is -11.1. The van der Waals surface area contributed by atoms with Crippen molar-refractivity contribution in [3.63, 3.8) is 0 Å². The molecule has 0 aliphatic carbocycles. The third-order valence-corrected chi connectivity index (χ3v) is 6.74. The van der Waals surface area contributed by atoms with Gasteiger partial charge in [0.25, 0.3) is 0 Å². The van der Waals surface area contributed by atoms with Crippen LogP contribution in [0.5, 0.6) is 0 Å². The molecule has 1 aliphatic heterocycles. The normalized spacial score (nSPS) is 19.1. The highest BCUT2D eigenvalue weighted by Crippen LogP contribution is 2.60. The van der Waals surface area contributed by atoms with Crippen LogP contribution in [0, 0.1) is 5.92 Å². The van der Waals surface area contributed by atoms with Crippen molar-refractivity contribution in [2.45, 2.75) is 55.1 Å². The molecule has 0 aromatic carbocycles. The van der Waals surface area contributed by atoms with E-state index in [2.05, 4.69) is 0 Å². The van der Waals surface area contributed by atoms with E-state index in [9.17, 15) is 70.3 Å². The van der Waals surface area contributed by atoms with Crippen LogP contribution in [-0.2, 0) is 14.8 Å². The predicted octanol–water partition coefficient (Wildman–Crippen LogP) is 4.24. The molecule has 0 bridgehead atoms. The molecular weight excluding hydrogens is 525 g/mol. The standard InChI is InChI=1S/C14H14F13NO4S/c15-9(16,3-6-33(31,32)28-4-1-7(2-5-28)8(29)30)10(17,18)11(19,20)12(21,22)13(23,24)14(25,26)27/h7H,1-6H2,(H,29,30). The molecule has 1 fully saturated rings. The highest BCUT2D eigenvalue weighted by atomic mass is 32.2. The third-order valence-electron chi connectivity index (χ3n) is 4.87. The van der Waals surface area contributed by atoms with Crippen molar-refractivity contribution >= 4 is 16.0 Å². The smallest absolute Gasteiger partial charge is 0.460 e. The molecule has 1 aliphatic rings. The SMILES string of the molecule is O=C(O)C1CCN(S(=O)(=O)CCC(F)(F)C(F)(F)C(F)(F)C(F)(F)C(F)(F)C(F)(F)F)CC1. The number of sulfonamides is 1. The molecule has 1 N–H and O–H groups in total. The fraction of sp³-hybridized carbons (Fsp3) is 0.929. The first kappa shape index (κ1) is 29.5. The first-order chi connectivity index (χ1) is 14.4. The highest BCUT2D eigenvalue weighted by molar-refractivity contribution is 7.89. The second-order valence-corrected chi connectivity index (χ2v) is 9.17. The van der Waals surface area contributed by atoms with Gasteiger partial charge < -0.3 is 5.11 Å². The maximum Gasteiger partial charge on any atom is 0.460 e. The molecule has 0 radical (unpaired) electrons. The molecule has 33 heavy (non-hydrogen) atoms. The molecule has 1 saturated heterocycles. The van der Waals surface area contributed by atoms with Crippen molar-refractivity contribution < 1.29 is 75.4 Å². The minimum absolute atomic E-state index is 0.325. The summed E-state index contributed by atoms with van der Waals surface area (Å²) in [7, 11) is -4.99. The summed E-state index contributed by atoms with van der Waals surface area (Å²) in [5.41, 5.74) is 0. The second kappa shape index (κ2) is 8.60. The first-order valence-electron chi connectivity index (χ1n) is 8.53. The van der Waals surface area contributed by atoms with Gasteiger partial charge in [0, 0.05) is 19.5 Å². The summed E-state index contributed by atoms with van der Waals surface area (Å²) in [6.45, 7) is -1.24. The molecule has 19 heteroatoms. The van der Waals surface area contributed by atoms with E-state index in [1.54, 1.807) is 0 Å². The Bertz CT molecular complexity index is 833. The van der Waals surface area contributed by atoms with Gasteiger partial charge in [0.05, 0.1) is 11.7 Å². The van der Waals surface area contributed by atoms with E-state index in [1.807, 2.05) is 0 Å². The van der Waals surface area contributed by atoms with Crippen molar-refractivity contribution in [2.75, 3.05) is 18.8 Å². The van der Waals surface area contributed by atoms with Gasteiger partial charge in [-0.1, -0.05) is 0 Å². The van der Waals surface area contributed by atoms with Crippen LogP contribution < -0.4 is 0 Å². The van der Waals surface area contributed by atoms with Crippen LogP contribution in [0.4, 0.5) is 57.1 Å². The highest BCUT2D eigenvalue weighted by Gasteiger charge is 2.90. The molecule has 1 rings (SSSR count). The number of rotatable bonds is 9. The minimum atomic E-state index is -8.05. The lowest BCUT2D eigenvalue weighted by molar-refractivity contribution is -0.439. The molecule has 0 aromatic rings. The van der Waals surface area contributed by atoms with Crippen LogP contribution in [0.2, 0.25) is 0 Å². The van der Waals surface area contributed by atoms with Gasteiger partial charge in [-0.3, -0.25) is 4.79 Å². The summed E-state index contributed by atoms with van der Waals surface area (Å²) in [4.78, 5) is 10.8. The minimum Gasteiger partial charge on any atom is -0.481 e. The van der Waals surface area contributed by atoms with Crippen molar-refractivity contribution in [3.05, 3.63) is 0 Å². The zero-order valence-corrected chi connectivity index (χ0v) is 16.6. The van der Waals surface area contributed by atoms with Crippen molar-refractivity contribution in [2.24, 2.45) is 5.92 Å². The Morgan fingerprint density at radius 2 is 1.15 bits per heavy atom. The zero-order valence-electron chi connectivity index (χ0n) is 15.8. The Morgan fingerprint density at radius 3 is 1.52 bits per heavy atom. The van der Waals surface area contributed by atoms with Crippen LogP contribution in [0.25, 0.3) is 0 Å². The Morgan fingerprint density at radius 1 is 0.758 bits per heavy atom. The zero-order chi connectivity index (χ0) is 26.5. The van der Waals surface area contributed by atoms with Crippen LogP contribution in [0.1, 0.15) is 19.3 Å². The lowest BCUT2D eigenvalue weighted by atomic mass is 9.93. The number of carboxylic acid groups (broad SMARTS) is 1. The van der Waals surface area contributed by atoms with Crippen LogP contribution >= 0.6 is 0 Å². The number of halogens is 13. The van der Waals surface area contributed by atoms with Gasteiger partial charge >= 0.3 is 41.8 Å². The Balaban J connectivity index is 3.12. The average molecular weight is 539 g/mol. The van der Waals surface area contributed by atoms with Crippen LogP contribution in [-0.4, -0.2) is 78.4 Å². The summed E-state index contributed by atoms with van der Waals surface area (Å²) < 4.78 is 194. The van der Waals surface area contributed by atoms with E-state index in [1.165, 1.54) is 0 Å². The van der Waals surface area contributed by atoms with Crippen LogP contribution in [0.3, 0.4) is 0 Å². The lowest BCUT2D eigenvalue weighted by Gasteiger charge is -2.39. The molecule has 1 heterocycles. The Kier molecular flexibility index (Phi) is 7.69. The molecule has 0 atom stereocenters. The lowest BCUT2D eigenvalue weighted by Crippen LogP contribution is -2.70. The van der Waals surface area contributed by atoms with Gasteiger partial charge in [-0.2, -0.15) is 57.1 Å². The summed E-state index contributed by atoms with van der Waals surface area (Å²) in [5, 5.41) is 8.77. The fourth-order valence-corrected chi connectivity index (χ4v) is 4.27. The topological polar surface area (TPSA) is 74.7 Å². The first-order valence-corrected chi connectivity index (χ1v) is 10.1. The molecule has 196 valence electrons. The quantitative estimate of drug-likeness (QED) is 0.445. The van der Waals surface area contributed by atoms with Gasteiger partial charge in [-0.05, 0) is 12.8 Å². The van der Waals surface area contributed by atoms with Crippen molar-refractivity contribution in [1.29, 1.82) is 0 Å². The van der Waals surface area contributed by atoms with Gasteiger partial charge in [0.1, 0.15) is 0 Å². The summed E-state index contributed by atoms with van der Waals surface area (Å²) in [5.74, 6) is -42.4. The van der Waals surface area contributed by atoms with Crippen molar-refractivity contribution in [3.8, 4) is 0 Å². The average Bonchev–Trinajstić information content (AvgIpc) is 2.65. The number of carbonyl (C=O) groups is 1. The fourth-order valence-electron chi connectivity index (χ4n) is 2.73. The summed E-state index contributed by atoms with van der Waals surface area (Å²) >= 11 is 0. The van der Waals surface area contributed by atoms with Crippen molar-refractivity contribution in [1.82, 2.24) is 4.31 Å². The van der Waals surface area contributed by atoms with E-state index < -0.39 is 83.0 Å². The molecule has 5 nitrogen and oxygen atoms in total. The van der Waals surface area contributed by atoms with E-state index in [0.717, 1.165) is 0 Å². The van der Waals surface area contributed by atoms with Gasteiger partial charge in [0.2, 0.25) is 10.0 Å². The maximum absolute atomic E-state index is 13.7. The molecular formula is C14H14F13NO4S. The maximum atomic E-state index is 13.7. The molecule has 0 amide bonds. The van der Waals surface area contributed by atoms with E-state index >= 15 is 0 Å². The van der Waals surface area contributed by atoms with Gasteiger partial charge in [0.15, 0.2) is 0 Å². The molecule has 0 unspecified atom stereocenters. The number of piperidine rings is 1. The monoisotopic (exact) mass is 539 g/mol. The Labute approximate surface area is 176 Å². The van der Waals surface area contributed by atoms with Gasteiger partial charge in [-0.15, -0.1) is 0 Å². The van der Waals surface area contributed by atoms with Gasteiger partial charge in [-0.25, -0.2) is 12.7 Å². The molecule has 0 saturated carbocycles. The number of alkyl halides is 13. The predicted molar refractivity (Wildman–Crippen MR) is 81.1 cm³/mol. The third kappa shape index (κ3) is 4.97. The number of nitrogens with zero attached hydrogens (tertiary/aromatic N) is 1.